The lowest BCUT2D eigenvalue weighted by molar-refractivity contribution is -0.143. The molecule has 0 saturated carbocycles. The molecule has 6 nitrogen and oxygen atoms in total. The molecule has 0 aromatic heterocycles. The Morgan fingerprint density at radius 1 is 0.431 bits per heavy atom. The van der Waals surface area contributed by atoms with Gasteiger partial charge in [-0.1, -0.05) is 262 Å². The monoisotopic (exact) mass is 914 g/mol. The Labute approximate surface area is 404 Å². The van der Waals surface area contributed by atoms with E-state index in [1.807, 2.05) is 6.08 Å². The number of ether oxygens (including phenoxy) is 1. The molecular weight excluding hydrogens is 803 g/mol. The highest BCUT2D eigenvalue weighted by Crippen LogP contribution is 2.16. The SMILES string of the molecule is CCCCCCCCCCCCCCC/C=C/C(O)C(CO)NC(=O)CCCCCCCCCCCC/C=C\C=C/CCCCCOC(=O)CCCCCCCCCCCCCCCC. The van der Waals surface area contributed by atoms with Gasteiger partial charge in [0.25, 0.3) is 0 Å². The molecule has 0 aromatic rings. The van der Waals surface area contributed by atoms with Gasteiger partial charge in [-0.05, 0) is 64.2 Å². The predicted molar refractivity (Wildman–Crippen MR) is 283 cm³/mol. The van der Waals surface area contributed by atoms with Crippen molar-refractivity contribution in [2.75, 3.05) is 13.2 Å². The molecule has 0 aromatic carbocycles. The van der Waals surface area contributed by atoms with Gasteiger partial charge in [0.05, 0.1) is 25.4 Å². The number of allylic oxidation sites excluding steroid dienone is 5. The molecule has 3 N–H and O–H groups in total. The molecule has 0 saturated heterocycles. The maximum atomic E-state index is 12.4. The Morgan fingerprint density at radius 2 is 0.754 bits per heavy atom. The molecular formula is C59H111NO5. The average molecular weight is 915 g/mol. The van der Waals surface area contributed by atoms with E-state index in [4.69, 9.17) is 4.74 Å². The van der Waals surface area contributed by atoms with E-state index in [2.05, 4.69) is 43.5 Å². The van der Waals surface area contributed by atoms with Crippen LogP contribution in [0.5, 0.6) is 0 Å². The summed E-state index contributed by atoms with van der Waals surface area (Å²) in [5, 5.41) is 23.1. The molecule has 6 heteroatoms. The molecule has 0 bridgehead atoms. The maximum Gasteiger partial charge on any atom is 0.305 e. The Bertz CT molecular complexity index is 1060. The minimum absolute atomic E-state index is 0.0121. The molecule has 0 aliphatic heterocycles. The van der Waals surface area contributed by atoms with Crippen molar-refractivity contribution < 1.29 is 24.5 Å². The summed E-state index contributed by atoms with van der Waals surface area (Å²) >= 11 is 0. The number of carbonyl (C=O) groups excluding carboxylic acids is 2. The Balaban J connectivity index is 3.50. The van der Waals surface area contributed by atoms with E-state index < -0.39 is 12.1 Å². The fourth-order valence-electron chi connectivity index (χ4n) is 8.74. The molecule has 65 heavy (non-hydrogen) atoms. The highest BCUT2D eigenvalue weighted by atomic mass is 16.5. The number of nitrogens with one attached hydrogen (secondary N) is 1. The van der Waals surface area contributed by atoms with Crippen LogP contribution in [0.25, 0.3) is 0 Å². The fourth-order valence-corrected chi connectivity index (χ4v) is 8.74. The lowest BCUT2D eigenvalue weighted by atomic mass is 10.0. The number of unbranched alkanes of at least 4 members (excludes halogenated alkanes) is 39. The lowest BCUT2D eigenvalue weighted by Gasteiger charge is -2.20. The number of aliphatic hydroxyl groups excluding tert-OH is 2. The smallest absolute Gasteiger partial charge is 0.305 e. The summed E-state index contributed by atoms with van der Waals surface area (Å²) in [6, 6.07) is -0.635. The Hall–Kier alpha value is -1.92. The van der Waals surface area contributed by atoms with E-state index in [9.17, 15) is 19.8 Å². The molecule has 0 radical (unpaired) electrons. The third kappa shape index (κ3) is 51.3. The molecule has 2 unspecified atom stereocenters. The van der Waals surface area contributed by atoms with Crippen LogP contribution >= 0.6 is 0 Å². The van der Waals surface area contributed by atoms with Crippen molar-refractivity contribution in [1.29, 1.82) is 0 Å². The molecule has 0 spiro atoms. The summed E-state index contributed by atoms with van der Waals surface area (Å²) in [6.07, 6.45) is 67.3. The molecule has 0 fully saturated rings. The van der Waals surface area contributed by atoms with Gasteiger partial charge in [0, 0.05) is 12.8 Å². The normalized spacial score (nSPS) is 12.9. The first-order valence-electron chi connectivity index (χ1n) is 28.8. The average Bonchev–Trinajstić information content (AvgIpc) is 3.31. The number of carbonyl (C=O) groups is 2. The van der Waals surface area contributed by atoms with Gasteiger partial charge in [0.1, 0.15) is 0 Å². The highest BCUT2D eigenvalue weighted by Gasteiger charge is 2.18. The third-order valence-electron chi connectivity index (χ3n) is 13.2. The quantitative estimate of drug-likeness (QED) is 0.0244. The zero-order valence-electron chi connectivity index (χ0n) is 43.5. The van der Waals surface area contributed by atoms with E-state index in [1.54, 1.807) is 6.08 Å². The van der Waals surface area contributed by atoms with Gasteiger partial charge in [-0.15, -0.1) is 0 Å². The van der Waals surface area contributed by atoms with Crippen LogP contribution in [-0.4, -0.2) is 47.4 Å². The van der Waals surface area contributed by atoms with Gasteiger partial charge >= 0.3 is 5.97 Å². The van der Waals surface area contributed by atoms with E-state index >= 15 is 0 Å². The topological polar surface area (TPSA) is 95.9 Å². The van der Waals surface area contributed by atoms with Crippen LogP contribution in [0.3, 0.4) is 0 Å². The first-order chi connectivity index (χ1) is 32.0. The van der Waals surface area contributed by atoms with Crippen LogP contribution in [0.15, 0.2) is 36.5 Å². The van der Waals surface area contributed by atoms with Crippen LogP contribution in [0.2, 0.25) is 0 Å². The van der Waals surface area contributed by atoms with Crippen molar-refractivity contribution in [3.05, 3.63) is 36.5 Å². The highest BCUT2D eigenvalue weighted by molar-refractivity contribution is 5.76. The van der Waals surface area contributed by atoms with Crippen molar-refractivity contribution in [1.82, 2.24) is 5.32 Å². The maximum absolute atomic E-state index is 12.4. The first-order valence-corrected chi connectivity index (χ1v) is 28.8. The number of hydrogen-bond acceptors (Lipinski definition) is 5. The van der Waals surface area contributed by atoms with E-state index in [-0.39, 0.29) is 18.5 Å². The number of amides is 1. The number of esters is 1. The van der Waals surface area contributed by atoms with E-state index in [1.165, 1.54) is 199 Å². The number of hydrogen-bond donors (Lipinski definition) is 3. The van der Waals surface area contributed by atoms with Crippen LogP contribution in [-0.2, 0) is 14.3 Å². The lowest BCUT2D eigenvalue weighted by Crippen LogP contribution is -2.45. The summed E-state index contributed by atoms with van der Waals surface area (Å²) in [4.78, 5) is 24.5. The molecule has 0 aliphatic carbocycles. The van der Waals surface area contributed by atoms with Crippen molar-refractivity contribution in [3.63, 3.8) is 0 Å². The van der Waals surface area contributed by atoms with Gasteiger partial charge < -0.3 is 20.3 Å². The summed E-state index contributed by atoms with van der Waals surface area (Å²) in [6.45, 7) is 4.87. The zero-order chi connectivity index (χ0) is 47.2. The zero-order valence-corrected chi connectivity index (χ0v) is 43.5. The van der Waals surface area contributed by atoms with E-state index in [0.29, 0.717) is 19.4 Å². The van der Waals surface area contributed by atoms with Crippen LogP contribution in [0.4, 0.5) is 0 Å². The molecule has 382 valence electrons. The van der Waals surface area contributed by atoms with Gasteiger partial charge in [0.2, 0.25) is 5.91 Å². The predicted octanol–water partition coefficient (Wildman–Crippen LogP) is 17.6. The number of aliphatic hydroxyl groups is 2. The van der Waals surface area contributed by atoms with Gasteiger partial charge in [-0.25, -0.2) is 0 Å². The summed E-state index contributed by atoms with van der Waals surface area (Å²) in [7, 11) is 0. The van der Waals surface area contributed by atoms with Crippen molar-refractivity contribution in [2.24, 2.45) is 0 Å². The molecule has 0 heterocycles. The minimum Gasteiger partial charge on any atom is -0.466 e. The van der Waals surface area contributed by atoms with Gasteiger partial charge in [-0.3, -0.25) is 9.59 Å². The second-order valence-electron chi connectivity index (χ2n) is 19.7. The molecule has 0 aliphatic rings. The standard InChI is InChI=1S/C59H111NO5/c1-3-5-7-9-11-13-15-17-24-27-31-35-39-43-47-51-57(62)56(55-61)60-58(63)52-48-44-40-36-32-28-25-22-20-19-21-23-26-30-34-38-42-46-50-54-65-59(64)53-49-45-41-37-33-29-18-16-14-12-10-8-6-4-2/h23,26,30,34,47,51,56-57,61-62H,3-22,24-25,27-29,31-33,35-46,48-50,52-55H2,1-2H3,(H,60,63)/b26-23-,34-30-,51-47+. The molecule has 2 atom stereocenters. The van der Waals surface area contributed by atoms with Gasteiger partial charge in [-0.2, -0.15) is 0 Å². The van der Waals surface area contributed by atoms with Crippen molar-refractivity contribution >= 4 is 11.9 Å². The Morgan fingerprint density at radius 3 is 1.14 bits per heavy atom. The van der Waals surface area contributed by atoms with Crippen LogP contribution in [0.1, 0.15) is 303 Å². The van der Waals surface area contributed by atoms with Gasteiger partial charge in [0.15, 0.2) is 0 Å². The second-order valence-corrected chi connectivity index (χ2v) is 19.7. The summed E-state index contributed by atoms with van der Waals surface area (Å²) in [5.41, 5.74) is 0. The largest absolute Gasteiger partial charge is 0.466 e. The second kappa shape index (κ2) is 54.7. The number of rotatable bonds is 53. The molecule has 1 amide bonds. The van der Waals surface area contributed by atoms with Crippen molar-refractivity contribution in [2.45, 2.75) is 315 Å². The van der Waals surface area contributed by atoms with E-state index in [0.717, 1.165) is 77.0 Å². The Kier molecular flexibility index (Phi) is 53.1. The fraction of sp³-hybridized carbons (Fsp3) is 0.864. The molecule has 0 rings (SSSR count). The first kappa shape index (κ1) is 63.1. The van der Waals surface area contributed by atoms with Crippen LogP contribution < -0.4 is 5.32 Å². The third-order valence-corrected chi connectivity index (χ3v) is 13.2. The van der Waals surface area contributed by atoms with Crippen LogP contribution in [0, 0.1) is 0 Å². The summed E-state index contributed by atoms with van der Waals surface area (Å²) < 4.78 is 5.45. The summed E-state index contributed by atoms with van der Waals surface area (Å²) in [5.74, 6) is -0.0893. The minimum atomic E-state index is -0.851. The van der Waals surface area contributed by atoms with Crippen molar-refractivity contribution in [3.8, 4) is 0 Å².